The van der Waals surface area contributed by atoms with Gasteiger partial charge in [0.15, 0.2) is 5.58 Å². The van der Waals surface area contributed by atoms with E-state index in [0.717, 1.165) is 40.2 Å². The van der Waals surface area contributed by atoms with E-state index in [1.165, 1.54) is 0 Å². The molecule has 0 spiro atoms. The number of amides is 1. The lowest BCUT2D eigenvalue weighted by atomic mass is 9.95. The van der Waals surface area contributed by atoms with Crippen molar-refractivity contribution in [3.05, 3.63) is 71.2 Å². The minimum Gasteiger partial charge on any atom is -0.439 e. The number of rotatable bonds is 4. The quantitative estimate of drug-likeness (QED) is 0.493. The van der Waals surface area contributed by atoms with E-state index in [9.17, 15) is 4.79 Å². The summed E-state index contributed by atoms with van der Waals surface area (Å²) < 4.78 is 5.93. The standard InChI is InChI=1S/C24H24N4O2S/c1-15-26-21(22(31-15)16-9-3-2-4-10-16)24(29)28-14-8-7-12-18(28)20(25)23-27-17-11-5-6-13-19(17)30-23/h2-6,9-11,13,18,20H,7-8,12,14,25H2,1H3. The summed E-state index contributed by atoms with van der Waals surface area (Å²) in [5, 5.41) is 0.874. The molecule has 0 saturated carbocycles. The first-order valence-electron chi connectivity index (χ1n) is 10.6. The number of likely N-dealkylation sites (tertiary alicyclic amines) is 1. The fourth-order valence-electron chi connectivity index (χ4n) is 4.27. The first kappa shape index (κ1) is 19.9. The van der Waals surface area contributed by atoms with E-state index in [0.29, 0.717) is 23.7 Å². The largest absolute Gasteiger partial charge is 0.439 e. The van der Waals surface area contributed by atoms with Crippen LogP contribution >= 0.6 is 11.3 Å². The van der Waals surface area contributed by atoms with Crippen LogP contribution < -0.4 is 5.73 Å². The summed E-state index contributed by atoms with van der Waals surface area (Å²) in [6, 6.07) is 16.9. The summed E-state index contributed by atoms with van der Waals surface area (Å²) in [6.07, 6.45) is 2.78. The Morgan fingerprint density at radius 3 is 2.71 bits per heavy atom. The van der Waals surface area contributed by atoms with Crippen LogP contribution in [0.4, 0.5) is 0 Å². The van der Waals surface area contributed by atoms with Gasteiger partial charge in [-0.2, -0.15) is 0 Å². The van der Waals surface area contributed by atoms with Crippen LogP contribution in [0, 0.1) is 6.92 Å². The van der Waals surface area contributed by atoms with Gasteiger partial charge in [-0.15, -0.1) is 11.3 Å². The fourth-order valence-corrected chi connectivity index (χ4v) is 5.19. The second kappa shape index (κ2) is 8.24. The Balaban J connectivity index is 1.48. The molecule has 1 aliphatic heterocycles. The maximum atomic E-state index is 13.7. The first-order chi connectivity index (χ1) is 15.1. The Morgan fingerprint density at radius 1 is 1.13 bits per heavy atom. The summed E-state index contributed by atoms with van der Waals surface area (Å²) in [5.74, 6) is 0.406. The molecule has 6 nitrogen and oxygen atoms in total. The van der Waals surface area contributed by atoms with Crippen LogP contribution in [0.15, 0.2) is 59.0 Å². The van der Waals surface area contributed by atoms with Gasteiger partial charge in [0, 0.05) is 6.54 Å². The Hall–Kier alpha value is -3.03. The lowest BCUT2D eigenvalue weighted by Crippen LogP contribution is -2.49. The Bertz CT molecular complexity index is 1180. The van der Waals surface area contributed by atoms with Crippen LogP contribution in [0.3, 0.4) is 0 Å². The lowest BCUT2D eigenvalue weighted by molar-refractivity contribution is 0.0556. The number of para-hydroxylation sites is 2. The van der Waals surface area contributed by atoms with Crippen LogP contribution in [-0.2, 0) is 0 Å². The van der Waals surface area contributed by atoms with Crippen molar-refractivity contribution in [2.45, 2.75) is 38.3 Å². The van der Waals surface area contributed by atoms with E-state index in [4.69, 9.17) is 10.2 Å². The Morgan fingerprint density at radius 2 is 1.90 bits per heavy atom. The zero-order valence-corrected chi connectivity index (χ0v) is 18.1. The number of aromatic nitrogens is 2. The molecule has 2 N–H and O–H groups in total. The van der Waals surface area contributed by atoms with Gasteiger partial charge < -0.3 is 15.1 Å². The Labute approximate surface area is 184 Å². The van der Waals surface area contributed by atoms with Crippen molar-refractivity contribution in [3.63, 3.8) is 0 Å². The highest BCUT2D eigenvalue weighted by Gasteiger charge is 2.36. The van der Waals surface area contributed by atoms with Gasteiger partial charge >= 0.3 is 0 Å². The molecule has 0 bridgehead atoms. The summed E-state index contributed by atoms with van der Waals surface area (Å²) in [5.41, 5.74) is 9.63. The van der Waals surface area contributed by atoms with Gasteiger partial charge in [0.1, 0.15) is 17.3 Å². The molecule has 3 heterocycles. The Kier molecular flexibility index (Phi) is 5.29. The molecule has 2 aromatic heterocycles. The molecule has 1 fully saturated rings. The number of thiazole rings is 1. The molecule has 1 aliphatic rings. The second-order valence-corrected chi connectivity index (χ2v) is 9.09. The first-order valence-corrected chi connectivity index (χ1v) is 11.4. The summed E-state index contributed by atoms with van der Waals surface area (Å²) in [7, 11) is 0. The van der Waals surface area contributed by atoms with E-state index < -0.39 is 6.04 Å². The van der Waals surface area contributed by atoms with Crippen molar-refractivity contribution < 1.29 is 9.21 Å². The average Bonchev–Trinajstić information content (AvgIpc) is 3.42. The van der Waals surface area contributed by atoms with Crippen molar-refractivity contribution in [3.8, 4) is 10.4 Å². The van der Waals surface area contributed by atoms with E-state index in [1.807, 2.05) is 66.4 Å². The number of nitrogens with two attached hydrogens (primary N) is 1. The minimum atomic E-state index is -0.489. The van der Waals surface area contributed by atoms with E-state index >= 15 is 0 Å². The number of hydrogen-bond acceptors (Lipinski definition) is 6. The summed E-state index contributed by atoms with van der Waals surface area (Å²) in [4.78, 5) is 25.7. The topological polar surface area (TPSA) is 85.2 Å². The number of hydrogen-bond donors (Lipinski definition) is 1. The number of carbonyl (C=O) groups excluding carboxylic acids is 1. The highest BCUT2D eigenvalue weighted by Crippen LogP contribution is 2.34. The maximum absolute atomic E-state index is 13.7. The molecule has 1 saturated heterocycles. The van der Waals surface area contributed by atoms with Crippen molar-refractivity contribution in [1.82, 2.24) is 14.9 Å². The molecule has 0 aliphatic carbocycles. The van der Waals surface area contributed by atoms with Crippen molar-refractivity contribution in [2.75, 3.05) is 6.54 Å². The normalized spacial score (nSPS) is 17.7. The van der Waals surface area contributed by atoms with Crippen molar-refractivity contribution in [1.29, 1.82) is 0 Å². The third kappa shape index (κ3) is 3.75. The molecule has 2 unspecified atom stereocenters. The van der Waals surface area contributed by atoms with Gasteiger partial charge in [-0.25, -0.2) is 9.97 Å². The van der Waals surface area contributed by atoms with Crippen LogP contribution in [0.5, 0.6) is 0 Å². The summed E-state index contributed by atoms with van der Waals surface area (Å²) >= 11 is 1.55. The lowest BCUT2D eigenvalue weighted by Gasteiger charge is -2.37. The molecule has 158 valence electrons. The van der Waals surface area contributed by atoms with Crippen molar-refractivity contribution >= 4 is 28.3 Å². The predicted molar refractivity (Wildman–Crippen MR) is 122 cm³/mol. The van der Waals surface area contributed by atoms with E-state index in [-0.39, 0.29) is 11.9 Å². The fraction of sp³-hybridized carbons (Fsp3) is 0.292. The van der Waals surface area contributed by atoms with E-state index in [2.05, 4.69) is 9.97 Å². The van der Waals surface area contributed by atoms with Gasteiger partial charge in [-0.3, -0.25) is 4.79 Å². The number of fused-ring (bicyclic) bond motifs is 1. The van der Waals surface area contributed by atoms with Gasteiger partial charge in [0.25, 0.3) is 5.91 Å². The number of piperidine rings is 1. The molecular formula is C24H24N4O2S. The van der Waals surface area contributed by atoms with Gasteiger partial charge in [0.05, 0.1) is 15.9 Å². The third-order valence-corrected chi connectivity index (χ3v) is 6.81. The molecule has 2 aromatic carbocycles. The molecule has 2 atom stereocenters. The molecular weight excluding hydrogens is 408 g/mol. The third-order valence-electron chi connectivity index (χ3n) is 5.79. The minimum absolute atomic E-state index is 0.0699. The van der Waals surface area contributed by atoms with Crippen LogP contribution in [-0.4, -0.2) is 33.4 Å². The number of aryl methyl sites for hydroxylation is 1. The van der Waals surface area contributed by atoms with Crippen LogP contribution in [0.1, 0.15) is 46.7 Å². The van der Waals surface area contributed by atoms with Gasteiger partial charge in [-0.05, 0) is 43.9 Å². The number of oxazole rings is 1. The molecule has 0 radical (unpaired) electrons. The summed E-state index contributed by atoms with van der Waals surface area (Å²) in [6.45, 7) is 2.59. The molecule has 4 aromatic rings. The van der Waals surface area contributed by atoms with Crippen LogP contribution in [0.25, 0.3) is 21.5 Å². The van der Waals surface area contributed by atoms with Gasteiger partial charge in [0.2, 0.25) is 5.89 Å². The number of nitrogens with zero attached hydrogens (tertiary/aromatic N) is 3. The molecule has 7 heteroatoms. The highest BCUT2D eigenvalue weighted by atomic mass is 32.1. The van der Waals surface area contributed by atoms with Crippen molar-refractivity contribution in [2.24, 2.45) is 5.73 Å². The number of benzene rings is 2. The maximum Gasteiger partial charge on any atom is 0.274 e. The average molecular weight is 433 g/mol. The van der Waals surface area contributed by atoms with Crippen LogP contribution in [0.2, 0.25) is 0 Å². The molecule has 1 amide bonds. The molecule has 5 rings (SSSR count). The zero-order valence-electron chi connectivity index (χ0n) is 17.3. The van der Waals surface area contributed by atoms with E-state index in [1.54, 1.807) is 11.3 Å². The molecule has 31 heavy (non-hydrogen) atoms. The zero-order chi connectivity index (χ0) is 21.4. The second-order valence-electron chi connectivity index (χ2n) is 7.88. The smallest absolute Gasteiger partial charge is 0.274 e. The number of carbonyl (C=O) groups is 1. The predicted octanol–water partition coefficient (Wildman–Crippen LogP) is 4.95. The highest BCUT2D eigenvalue weighted by molar-refractivity contribution is 7.15. The van der Waals surface area contributed by atoms with Gasteiger partial charge in [-0.1, -0.05) is 42.5 Å². The monoisotopic (exact) mass is 432 g/mol. The SMILES string of the molecule is Cc1nc(C(=O)N2CCCCC2C(N)c2nc3ccccc3o2)c(-c2ccccc2)s1.